The van der Waals surface area contributed by atoms with Crippen LogP contribution in [0.2, 0.25) is 0 Å². The quantitative estimate of drug-likeness (QED) is 0.761. The molecule has 2 aliphatic rings. The van der Waals surface area contributed by atoms with Gasteiger partial charge in [-0.05, 0) is 29.4 Å². The lowest BCUT2D eigenvalue weighted by Crippen LogP contribution is -2.34. The lowest BCUT2D eigenvalue weighted by molar-refractivity contribution is 0.0754. The van der Waals surface area contributed by atoms with Gasteiger partial charge in [-0.15, -0.1) is 0 Å². The van der Waals surface area contributed by atoms with Crippen LogP contribution in [0.15, 0.2) is 29.2 Å². The molecule has 2 atom stereocenters. The van der Waals surface area contributed by atoms with E-state index in [0.717, 1.165) is 6.26 Å². The number of benzene rings is 1. The molecule has 138 valence electrons. The fourth-order valence-electron chi connectivity index (χ4n) is 3.75. The van der Waals surface area contributed by atoms with Crippen LogP contribution in [0.5, 0.6) is 0 Å². The van der Waals surface area contributed by atoms with Crippen LogP contribution in [0.1, 0.15) is 24.2 Å². The highest BCUT2D eigenvalue weighted by atomic mass is 32.2. The molecule has 2 unspecified atom stereocenters. The fourth-order valence-corrected chi connectivity index (χ4v) is 6.84. The van der Waals surface area contributed by atoms with E-state index in [9.17, 15) is 21.6 Å². The molecule has 2 fully saturated rings. The number of hydrogen-bond acceptors (Lipinski definition) is 5. The van der Waals surface area contributed by atoms with Gasteiger partial charge in [0.2, 0.25) is 0 Å². The van der Waals surface area contributed by atoms with Gasteiger partial charge >= 0.3 is 0 Å². The standard InChI is InChI=1S/C17H23NO5S2/c1-17(2)13-10-18(11-14(13)17)16(19)12-6-4-5-7-15(12)25(22,23)9-8-24(3,20)21/h4-7,13-14H,8-11H2,1-3H3. The topological polar surface area (TPSA) is 88.6 Å². The Kier molecular flexibility index (Phi) is 4.27. The zero-order valence-electron chi connectivity index (χ0n) is 14.6. The number of piperidine rings is 1. The summed E-state index contributed by atoms with van der Waals surface area (Å²) in [6.45, 7) is 5.67. The molecule has 1 aliphatic carbocycles. The zero-order valence-corrected chi connectivity index (χ0v) is 16.2. The number of sulfone groups is 2. The Morgan fingerprint density at radius 2 is 1.64 bits per heavy atom. The highest BCUT2D eigenvalue weighted by Gasteiger charge is 2.62. The second-order valence-electron chi connectivity index (χ2n) is 7.69. The molecule has 1 aromatic rings. The molecule has 3 rings (SSSR count). The minimum Gasteiger partial charge on any atom is -0.338 e. The molecule has 0 radical (unpaired) electrons. The molecule has 0 spiro atoms. The third-order valence-corrected chi connectivity index (χ3v) is 8.56. The summed E-state index contributed by atoms with van der Waals surface area (Å²) >= 11 is 0. The first-order chi connectivity index (χ1) is 11.4. The SMILES string of the molecule is CC1(C)C2CN(C(=O)c3ccccc3S(=O)(=O)CCS(C)(=O)=O)CC21. The van der Waals surface area contributed by atoms with Crippen molar-refractivity contribution in [2.75, 3.05) is 30.9 Å². The maximum atomic E-state index is 12.8. The first-order valence-corrected chi connectivity index (χ1v) is 11.9. The predicted molar refractivity (Wildman–Crippen MR) is 94.9 cm³/mol. The van der Waals surface area contributed by atoms with E-state index < -0.39 is 31.2 Å². The van der Waals surface area contributed by atoms with Gasteiger partial charge in [0.25, 0.3) is 5.91 Å². The largest absolute Gasteiger partial charge is 0.338 e. The third kappa shape index (κ3) is 3.46. The van der Waals surface area contributed by atoms with Crippen LogP contribution in [0, 0.1) is 17.3 Å². The van der Waals surface area contributed by atoms with Crippen LogP contribution >= 0.6 is 0 Å². The van der Waals surface area contributed by atoms with Gasteiger partial charge in [-0.2, -0.15) is 0 Å². The van der Waals surface area contributed by atoms with Gasteiger partial charge in [0.05, 0.1) is 22.0 Å². The molecule has 25 heavy (non-hydrogen) atoms. The predicted octanol–water partition coefficient (Wildman–Crippen LogP) is 1.23. The molecule has 1 saturated carbocycles. The molecule has 1 aromatic carbocycles. The van der Waals surface area contributed by atoms with Crippen molar-refractivity contribution in [3.63, 3.8) is 0 Å². The summed E-state index contributed by atoms with van der Waals surface area (Å²) in [5.41, 5.74) is 0.396. The van der Waals surface area contributed by atoms with Crippen LogP contribution in [-0.2, 0) is 19.7 Å². The second-order valence-corrected chi connectivity index (χ2v) is 12.0. The highest BCUT2D eigenvalue weighted by molar-refractivity contribution is 7.94. The van der Waals surface area contributed by atoms with Gasteiger partial charge in [0, 0.05) is 19.3 Å². The van der Waals surface area contributed by atoms with E-state index in [0.29, 0.717) is 24.9 Å². The Morgan fingerprint density at radius 3 is 2.20 bits per heavy atom. The van der Waals surface area contributed by atoms with E-state index in [2.05, 4.69) is 13.8 Å². The molecule has 1 aliphatic heterocycles. The molecule has 1 saturated heterocycles. The van der Waals surface area contributed by atoms with Crippen molar-refractivity contribution in [1.29, 1.82) is 0 Å². The number of carbonyl (C=O) groups is 1. The summed E-state index contributed by atoms with van der Waals surface area (Å²) in [5, 5.41) is 0. The third-order valence-electron chi connectivity index (χ3n) is 5.58. The lowest BCUT2D eigenvalue weighted by atomic mass is 10.1. The van der Waals surface area contributed by atoms with E-state index >= 15 is 0 Å². The maximum Gasteiger partial charge on any atom is 0.255 e. The van der Waals surface area contributed by atoms with E-state index in [1.54, 1.807) is 17.0 Å². The number of hydrogen-bond donors (Lipinski definition) is 0. The van der Waals surface area contributed by atoms with Crippen LogP contribution in [0.25, 0.3) is 0 Å². The second kappa shape index (κ2) is 5.81. The molecular weight excluding hydrogens is 362 g/mol. The molecule has 0 bridgehead atoms. The van der Waals surface area contributed by atoms with E-state index in [-0.39, 0.29) is 21.8 Å². The van der Waals surface area contributed by atoms with Crippen molar-refractivity contribution in [3.05, 3.63) is 29.8 Å². The molecule has 1 amide bonds. The van der Waals surface area contributed by atoms with Crippen molar-refractivity contribution in [2.45, 2.75) is 18.7 Å². The smallest absolute Gasteiger partial charge is 0.255 e. The highest BCUT2D eigenvalue weighted by Crippen LogP contribution is 2.62. The van der Waals surface area contributed by atoms with Crippen molar-refractivity contribution in [3.8, 4) is 0 Å². The van der Waals surface area contributed by atoms with Gasteiger partial charge in [-0.1, -0.05) is 26.0 Å². The molecular formula is C17H23NO5S2. The first-order valence-electron chi connectivity index (χ1n) is 8.22. The Labute approximate surface area is 149 Å². The van der Waals surface area contributed by atoms with Crippen molar-refractivity contribution in [1.82, 2.24) is 4.90 Å². The summed E-state index contributed by atoms with van der Waals surface area (Å²) < 4.78 is 47.7. The summed E-state index contributed by atoms with van der Waals surface area (Å²) in [4.78, 5) is 14.5. The number of fused-ring (bicyclic) bond motifs is 1. The fraction of sp³-hybridized carbons (Fsp3) is 0.588. The van der Waals surface area contributed by atoms with Crippen molar-refractivity contribution >= 4 is 25.6 Å². The monoisotopic (exact) mass is 385 g/mol. The molecule has 6 nitrogen and oxygen atoms in total. The lowest BCUT2D eigenvalue weighted by Gasteiger charge is -2.23. The zero-order chi connectivity index (χ0) is 18.6. The first kappa shape index (κ1) is 18.4. The number of nitrogens with zero attached hydrogens (tertiary/aromatic N) is 1. The summed E-state index contributed by atoms with van der Waals surface area (Å²) in [7, 11) is -7.25. The summed E-state index contributed by atoms with van der Waals surface area (Å²) in [6.07, 6.45) is 0.998. The van der Waals surface area contributed by atoms with Crippen molar-refractivity contribution in [2.24, 2.45) is 17.3 Å². The Balaban J connectivity index is 1.83. The van der Waals surface area contributed by atoms with Crippen LogP contribution in [0.3, 0.4) is 0 Å². The average Bonchev–Trinajstić information content (AvgIpc) is 2.91. The van der Waals surface area contributed by atoms with Gasteiger partial charge in [0.15, 0.2) is 9.84 Å². The van der Waals surface area contributed by atoms with Crippen LogP contribution < -0.4 is 0 Å². The Bertz CT molecular complexity index is 904. The van der Waals surface area contributed by atoms with Gasteiger partial charge in [0.1, 0.15) is 9.84 Å². The van der Waals surface area contributed by atoms with Gasteiger partial charge < -0.3 is 4.90 Å². The van der Waals surface area contributed by atoms with Crippen LogP contribution in [-0.4, -0.2) is 58.5 Å². The minimum absolute atomic E-state index is 0.0801. The minimum atomic E-state index is -3.85. The Hall–Kier alpha value is -1.41. The summed E-state index contributed by atoms with van der Waals surface area (Å²) in [6, 6.07) is 6.06. The number of carbonyl (C=O) groups excluding carboxylic acids is 1. The number of likely N-dealkylation sites (tertiary alicyclic amines) is 1. The normalized spacial score (nSPS) is 24.8. The van der Waals surface area contributed by atoms with E-state index in [1.165, 1.54) is 12.1 Å². The Morgan fingerprint density at radius 1 is 1.08 bits per heavy atom. The van der Waals surface area contributed by atoms with Crippen molar-refractivity contribution < 1.29 is 21.6 Å². The molecule has 1 heterocycles. The van der Waals surface area contributed by atoms with E-state index in [1.807, 2.05) is 0 Å². The number of amides is 1. The molecule has 0 aromatic heterocycles. The summed E-state index contributed by atoms with van der Waals surface area (Å²) in [5.74, 6) is -0.314. The van der Waals surface area contributed by atoms with Gasteiger partial charge in [-0.25, -0.2) is 16.8 Å². The number of rotatable bonds is 5. The maximum absolute atomic E-state index is 12.8. The molecule has 0 N–H and O–H groups in total. The van der Waals surface area contributed by atoms with Gasteiger partial charge in [-0.3, -0.25) is 4.79 Å². The van der Waals surface area contributed by atoms with Crippen LogP contribution in [0.4, 0.5) is 0 Å². The van der Waals surface area contributed by atoms with E-state index in [4.69, 9.17) is 0 Å². The molecule has 8 heteroatoms. The average molecular weight is 386 g/mol.